The summed E-state index contributed by atoms with van der Waals surface area (Å²) in [6.45, 7) is 5.66. The van der Waals surface area contributed by atoms with Gasteiger partial charge in [-0.1, -0.05) is 18.2 Å². The number of amides is 1. The van der Waals surface area contributed by atoms with Gasteiger partial charge in [0.1, 0.15) is 5.82 Å². The first-order valence-corrected chi connectivity index (χ1v) is 10.3. The molecular weight excluding hydrogens is 420 g/mol. The number of nitrogens with one attached hydrogen (secondary N) is 1. The zero-order valence-electron chi connectivity index (χ0n) is 18.4. The fourth-order valence-electron chi connectivity index (χ4n) is 3.54. The van der Waals surface area contributed by atoms with E-state index in [1.807, 2.05) is 48.9 Å². The second-order valence-corrected chi connectivity index (χ2v) is 7.51. The van der Waals surface area contributed by atoms with Gasteiger partial charge in [-0.2, -0.15) is 10.2 Å². The van der Waals surface area contributed by atoms with Crippen molar-refractivity contribution < 1.29 is 9.72 Å². The van der Waals surface area contributed by atoms with Crippen molar-refractivity contribution in [2.75, 3.05) is 5.32 Å². The molecule has 0 bridgehead atoms. The number of aromatic nitrogens is 4. The zero-order chi connectivity index (χ0) is 23.5. The minimum Gasteiger partial charge on any atom is -0.307 e. The Hall–Kier alpha value is -4.53. The van der Waals surface area contributed by atoms with Crippen LogP contribution in [0, 0.1) is 30.9 Å². The Kier molecular flexibility index (Phi) is 5.86. The molecule has 4 rings (SSSR count). The van der Waals surface area contributed by atoms with Gasteiger partial charge in [0, 0.05) is 35.5 Å². The number of non-ortho nitro benzene ring substituents is 1. The van der Waals surface area contributed by atoms with Crippen LogP contribution in [0.5, 0.6) is 0 Å². The molecule has 0 fully saturated rings. The van der Waals surface area contributed by atoms with Crippen LogP contribution in [0.2, 0.25) is 0 Å². The van der Waals surface area contributed by atoms with Crippen molar-refractivity contribution in [1.82, 2.24) is 19.6 Å². The molecule has 2 aromatic heterocycles. The predicted molar refractivity (Wildman–Crippen MR) is 126 cm³/mol. The van der Waals surface area contributed by atoms with Crippen LogP contribution < -0.4 is 5.32 Å². The molecule has 1 N–H and O–H groups in total. The number of benzene rings is 2. The standard InChI is InChI=1S/C24H22N6O3/c1-16-15-23(29(26-16)20-9-11-21(12-10-20)30(32)33)25-24(31)14-13-22-17(2)27-28(18(22)3)19-7-5-4-6-8-19/h4-15H,1-3H3,(H,25,31)/b14-13+. The van der Waals surface area contributed by atoms with Gasteiger partial charge in [0.15, 0.2) is 0 Å². The molecule has 33 heavy (non-hydrogen) atoms. The van der Waals surface area contributed by atoms with Gasteiger partial charge < -0.3 is 5.32 Å². The summed E-state index contributed by atoms with van der Waals surface area (Å²) in [6, 6.07) is 17.5. The number of hydrogen-bond acceptors (Lipinski definition) is 5. The van der Waals surface area contributed by atoms with Crippen LogP contribution in [0.4, 0.5) is 11.5 Å². The van der Waals surface area contributed by atoms with Crippen molar-refractivity contribution in [2.24, 2.45) is 0 Å². The van der Waals surface area contributed by atoms with Crippen molar-refractivity contribution >= 4 is 23.5 Å². The molecule has 0 saturated carbocycles. The molecule has 9 nitrogen and oxygen atoms in total. The predicted octanol–water partition coefficient (Wildman–Crippen LogP) is 4.54. The van der Waals surface area contributed by atoms with Crippen LogP contribution in [-0.2, 0) is 4.79 Å². The van der Waals surface area contributed by atoms with Crippen LogP contribution in [0.3, 0.4) is 0 Å². The second kappa shape index (κ2) is 8.91. The molecule has 9 heteroatoms. The van der Waals surface area contributed by atoms with Crippen LogP contribution in [0.15, 0.2) is 66.7 Å². The number of nitro benzene ring substituents is 1. The molecule has 0 aliphatic rings. The van der Waals surface area contributed by atoms with E-state index in [2.05, 4.69) is 15.5 Å². The number of carbonyl (C=O) groups is 1. The average molecular weight is 442 g/mol. The summed E-state index contributed by atoms with van der Waals surface area (Å²) in [5, 5.41) is 22.7. The molecular formula is C24H22N6O3. The number of aryl methyl sites for hydroxylation is 2. The van der Waals surface area contributed by atoms with Gasteiger partial charge in [0.05, 0.1) is 27.7 Å². The van der Waals surface area contributed by atoms with Crippen molar-refractivity contribution in [1.29, 1.82) is 0 Å². The lowest BCUT2D eigenvalue weighted by atomic mass is 10.2. The van der Waals surface area contributed by atoms with Crippen LogP contribution in [0.25, 0.3) is 17.5 Å². The lowest BCUT2D eigenvalue weighted by Gasteiger charge is -2.07. The van der Waals surface area contributed by atoms with Gasteiger partial charge >= 0.3 is 0 Å². The first kappa shape index (κ1) is 21.7. The Labute approximate surface area is 190 Å². The summed E-state index contributed by atoms with van der Waals surface area (Å²) in [4.78, 5) is 23.1. The number of anilines is 1. The number of nitro groups is 1. The van der Waals surface area contributed by atoms with E-state index in [4.69, 9.17) is 0 Å². The first-order chi connectivity index (χ1) is 15.8. The Morgan fingerprint density at radius 1 is 0.970 bits per heavy atom. The third-order valence-electron chi connectivity index (χ3n) is 5.14. The molecule has 1 amide bonds. The Balaban J connectivity index is 1.55. The van der Waals surface area contributed by atoms with Crippen LogP contribution in [0.1, 0.15) is 22.6 Å². The highest BCUT2D eigenvalue weighted by molar-refractivity contribution is 6.01. The first-order valence-electron chi connectivity index (χ1n) is 10.3. The SMILES string of the molecule is Cc1cc(NC(=O)/C=C/c2c(C)nn(-c3ccccc3)c2C)n(-c2ccc([N+](=O)[O-])cc2)n1. The molecule has 4 aromatic rings. The highest BCUT2D eigenvalue weighted by Gasteiger charge is 2.13. The maximum atomic E-state index is 12.7. The maximum Gasteiger partial charge on any atom is 0.269 e. The molecule has 0 spiro atoms. The van der Waals surface area contributed by atoms with Crippen molar-refractivity contribution in [3.63, 3.8) is 0 Å². The third kappa shape index (κ3) is 4.57. The van der Waals surface area contributed by atoms with Crippen LogP contribution >= 0.6 is 0 Å². The summed E-state index contributed by atoms with van der Waals surface area (Å²) in [5.41, 5.74) is 4.84. The van der Waals surface area contributed by atoms with Crippen LogP contribution in [-0.4, -0.2) is 30.4 Å². The van der Waals surface area contributed by atoms with Gasteiger partial charge in [-0.15, -0.1) is 0 Å². The summed E-state index contributed by atoms with van der Waals surface area (Å²) in [5.74, 6) is 0.133. The molecule has 0 aliphatic carbocycles. The smallest absolute Gasteiger partial charge is 0.269 e. The normalized spacial score (nSPS) is 11.1. The maximum absolute atomic E-state index is 12.7. The Morgan fingerprint density at radius 3 is 2.30 bits per heavy atom. The number of rotatable bonds is 6. The average Bonchev–Trinajstić information content (AvgIpc) is 3.31. The van der Waals surface area contributed by atoms with E-state index in [0.29, 0.717) is 17.2 Å². The summed E-state index contributed by atoms with van der Waals surface area (Å²) in [7, 11) is 0. The Bertz CT molecular complexity index is 1350. The van der Waals surface area contributed by atoms with E-state index >= 15 is 0 Å². The summed E-state index contributed by atoms with van der Waals surface area (Å²) < 4.78 is 3.38. The van der Waals surface area contributed by atoms with E-state index in [-0.39, 0.29) is 11.6 Å². The van der Waals surface area contributed by atoms with E-state index in [9.17, 15) is 14.9 Å². The zero-order valence-corrected chi connectivity index (χ0v) is 18.4. The van der Waals surface area contributed by atoms with E-state index in [1.54, 1.807) is 31.2 Å². The second-order valence-electron chi connectivity index (χ2n) is 7.51. The van der Waals surface area contributed by atoms with E-state index in [1.165, 1.54) is 22.9 Å². The topological polar surface area (TPSA) is 108 Å². The number of hydrogen-bond donors (Lipinski definition) is 1. The van der Waals surface area contributed by atoms with E-state index in [0.717, 1.165) is 22.6 Å². The molecule has 0 unspecified atom stereocenters. The van der Waals surface area contributed by atoms with Gasteiger partial charge in [-0.25, -0.2) is 9.36 Å². The molecule has 2 aromatic carbocycles. The largest absolute Gasteiger partial charge is 0.307 e. The van der Waals surface area contributed by atoms with Gasteiger partial charge in [0.25, 0.3) is 5.69 Å². The van der Waals surface area contributed by atoms with Gasteiger partial charge in [-0.05, 0) is 51.1 Å². The third-order valence-corrected chi connectivity index (χ3v) is 5.14. The summed E-state index contributed by atoms with van der Waals surface area (Å²) >= 11 is 0. The highest BCUT2D eigenvalue weighted by atomic mass is 16.6. The lowest BCUT2D eigenvalue weighted by molar-refractivity contribution is -0.384. The van der Waals surface area contributed by atoms with Crippen molar-refractivity contribution in [2.45, 2.75) is 20.8 Å². The van der Waals surface area contributed by atoms with Crippen molar-refractivity contribution in [3.05, 3.63) is 99.5 Å². The Morgan fingerprint density at radius 2 is 1.64 bits per heavy atom. The molecule has 0 radical (unpaired) electrons. The molecule has 0 atom stereocenters. The fourth-order valence-corrected chi connectivity index (χ4v) is 3.54. The monoisotopic (exact) mass is 442 g/mol. The minimum absolute atomic E-state index is 0.0158. The molecule has 0 aliphatic heterocycles. The van der Waals surface area contributed by atoms with E-state index < -0.39 is 4.92 Å². The quantitative estimate of drug-likeness (QED) is 0.268. The molecule has 166 valence electrons. The fraction of sp³-hybridized carbons (Fsp3) is 0.125. The number of para-hydroxylation sites is 1. The van der Waals surface area contributed by atoms with Gasteiger partial charge in [-0.3, -0.25) is 14.9 Å². The molecule has 2 heterocycles. The number of carbonyl (C=O) groups excluding carboxylic acids is 1. The summed E-state index contributed by atoms with van der Waals surface area (Å²) in [6.07, 6.45) is 3.20. The molecule has 0 saturated heterocycles. The lowest BCUT2D eigenvalue weighted by Crippen LogP contribution is -2.12. The van der Waals surface area contributed by atoms with Crippen molar-refractivity contribution in [3.8, 4) is 11.4 Å². The highest BCUT2D eigenvalue weighted by Crippen LogP contribution is 2.21. The minimum atomic E-state index is -0.463. The van der Waals surface area contributed by atoms with Gasteiger partial charge in [0.2, 0.25) is 5.91 Å². The number of nitrogens with zero attached hydrogens (tertiary/aromatic N) is 5.